The zero-order valence-corrected chi connectivity index (χ0v) is 13.5. The van der Waals surface area contributed by atoms with E-state index in [-0.39, 0.29) is 5.88 Å². The molecule has 7 heteroatoms. The Bertz CT molecular complexity index is 1000. The number of benzene rings is 2. The summed E-state index contributed by atoms with van der Waals surface area (Å²) >= 11 is 4.68. The molecular formula is C15H9BrN4OS. The second-order valence-electron chi connectivity index (χ2n) is 4.63. The van der Waals surface area contributed by atoms with Crippen molar-refractivity contribution in [3.63, 3.8) is 0 Å². The lowest BCUT2D eigenvalue weighted by Crippen LogP contribution is -1.77. The van der Waals surface area contributed by atoms with Crippen molar-refractivity contribution in [2.24, 2.45) is 10.2 Å². The van der Waals surface area contributed by atoms with Crippen LogP contribution < -0.4 is 0 Å². The maximum absolute atomic E-state index is 10.4. The number of aromatic hydroxyl groups is 1. The van der Waals surface area contributed by atoms with Gasteiger partial charge in [0.1, 0.15) is 0 Å². The van der Waals surface area contributed by atoms with Crippen molar-refractivity contribution in [2.75, 3.05) is 0 Å². The van der Waals surface area contributed by atoms with Crippen molar-refractivity contribution in [1.29, 1.82) is 0 Å². The van der Waals surface area contributed by atoms with Gasteiger partial charge in [0, 0.05) is 4.47 Å². The van der Waals surface area contributed by atoms with E-state index in [1.54, 1.807) is 4.40 Å². The molecule has 108 valence electrons. The van der Waals surface area contributed by atoms with Crippen LogP contribution in [-0.4, -0.2) is 14.5 Å². The third-order valence-corrected chi connectivity index (χ3v) is 4.65. The standard InChI is InChI=1S/C15H9BrN4OS/c16-9-5-7-10(8-6-9)18-19-13-14(21)20-12-4-2-1-3-11(12)17-15(20)22-13/h1-8,21H. The first-order valence-corrected chi connectivity index (χ1v) is 8.09. The van der Waals surface area contributed by atoms with Gasteiger partial charge in [0.15, 0.2) is 4.96 Å². The van der Waals surface area contributed by atoms with Gasteiger partial charge in [0.25, 0.3) is 0 Å². The number of rotatable bonds is 2. The summed E-state index contributed by atoms with van der Waals surface area (Å²) in [6, 6.07) is 15.1. The van der Waals surface area contributed by atoms with Crippen molar-refractivity contribution in [3.05, 3.63) is 53.0 Å². The number of thiazole rings is 1. The molecule has 2 heterocycles. The minimum absolute atomic E-state index is 0.0644. The van der Waals surface area contributed by atoms with Crippen LogP contribution in [-0.2, 0) is 0 Å². The number of azo groups is 1. The van der Waals surface area contributed by atoms with E-state index in [4.69, 9.17) is 0 Å². The van der Waals surface area contributed by atoms with E-state index in [0.29, 0.717) is 9.96 Å². The SMILES string of the molecule is Oc1c(N=Nc2ccc(Br)cc2)sc2nc3ccccc3n12. The van der Waals surface area contributed by atoms with Crippen molar-refractivity contribution in [2.45, 2.75) is 0 Å². The second-order valence-corrected chi connectivity index (χ2v) is 6.50. The molecule has 0 unspecified atom stereocenters. The molecule has 5 nitrogen and oxygen atoms in total. The lowest BCUT2D eigenvalue weighted by molar-refractivity contribution is 0.453. The second kappa shape index (κ2) is 5.19. The van der Waals surface area contributed by atoms with Gasteiger partial charge in [-0.1, -0.05) is 39.4 Å². The normalized spacial score (nSPS) is 11.9. The van der Waals surface area contributed by atoms with E-state index in [9.17, 15) is 5.11 Å². The third kappa shape index (κ3) is 2.18. The highest BCUT2D eigenvalue weighted by molar-refractivity contribution is 9.10. The van der Waals surface area contributed by atoms with Crippen molar-refractivity contribution in [1.82, 2.24) is 9.38 Å². The number of fused-ring (bicyclic) bond motifs is 3. The molecule has 4 rings (SSSR count). The van der Waals surface area contributed by atoms with Crippen LogP contribution in [0.1, 0.15) is 0 Å². The molecule has 4 aromatic rings. The summed E-state index contributed by atoms with van der Waals surface area (Å²) in [4.78, 5) is 5.17. The molecule has 1 N–H and O–H groups in total. The summed E-state index contributed by atoms with van der Waals surface area (Å²) in [5, 5.41) is 19.1. The molecule has 0 saturated heterocycles. The Morgan fingerprint density at radius 3 is 2.64 bits per heavy atom. The monoisotopic (exact) mass is 372 g/mol. The highest BCUT2D eigenvalue weighted by Gasteiger charge is 2.15. The van der Waals surface area contributed by atoms with Gasteiger partial charge >= 0.3 is 0 Å². The first kappa shape index (κ1) is 13.4. The topological polar surface area (TPSA) is 62.2 Å². The molecule has 0 saturated carbocycles. The van der Waals surface area contributed by atoms with E-state index in [0.717, 1.165) is 21.2 Å². The average Bonchev–Trinajstić information content (AvgIpc) is 3.04. The average molecular weight is 373 g/mol. The van der Waals surface area contributed by atoms with Crippen molar-refractivity contribution >= 4 is 53.9 Å². The van der Waals surface area contributed by atoms with Crippen LogP contribution >= 0.6 is 27.3 Å². The Hall–Kier alpha value is -2.25. The summed E-state index contributed by atoms with van der Waals surface area (Å²) in [6.07, 6.45) is 0. The Kier molecular flexibility index (Phi) is 3.16. The van der Waals surface area contributed by atoms with E-state index in [2.05, 4.69) is 31.1 Å². The van der Waals surface area contributed by atoms with Gasteiger partial charge < -0.3 is 5.11 Å². The van der Waals surface area contributed by atoms with Crippen LogP contribution in [0.25, 0.3) is 16.0 Å². The minimum Gasteiger partial charge on any atom is -0.492 e. The van der Waals surface area contributed by atoms with Gasteiger partial charge in [-0.2, -0.15) is 0 Å². The maximum Gasteiger partial charge on any atom is 0.237 e. The quantitative estimate of drug-likeness (QED) is 0.476. The van der Waals surface area contributed by atoms with E-state index in [1.807, 2.05) is 48.5 Å². The molecule has 22 heavy (non-hydrogen) atoms. The molecule has 2 aromatic heterocycles. The molecular weight excluding hydrogens is 364 g/mol. The van der Waals surface area contributed by atoms with Crippen LogP contribution in [0.15, 0.2) is 63.2 Å². The molecule has 0 atom stereocenters. The Labute approximate surface area is 137 Å². The van der Waals surface area contributed by atoms with Crippen LogP contribution in [0, 0.1) is 0 Å². The number of nitrogens with zero attached hydrogens (tertiary/aromatic N) is 4. The van der Waals surface area contributed by atoms with Gasteiger partial charge in [0.05, 0.1) is 16.7 Å². The van der Waals surface area contributed by atoms with Gasteiger partial charge in [-0.05, 0) is 36.4 Å². The number of hydrogen-bond acceptors (Lipinski definition) is 5. The van der Waals surface area contributed by atoms with Gasteiger partial charge in [0.2, 0.25) is 10.9 Å². The fraction of sp³-hybridized carbons (Fsp3) is 0. The first-order chi connectivity index (χ1) is 10.7. The van der Waals surface area contributed by atoms with E-state index >= 15 is 0 Å². The van der Waals surface area contributed by atoms with Crippen LogP contribution in [0.2, 0.25) is 0 Å². The highest BCUT2D eigenvalue weighted by atomic mass is 79.9. The number of imidazole rings is 1. The van der Waals surface area contributed by atoms with E-state index < -0.39 is 0 Å². The molecule has 0 radical (unpaired) electrons. The molecule has 2 aromatic carbocycles. The Morgan fingerprint density at radius 2 is 1.82 bits per heavy atom. The van der Waals surface area contributed by atoms with Crippen molar-refractivity contribution < 1.29 is 5.11 Å². The summed E-state index contributed by atoms with van der Waals surface area (Å²) in [6.45, 7) is 0. The van der Waals surface area contributed by atoms with Crippen molar-refractivity contribution in [3.8, 4) is 5.88 Å². The smallest absolute Gasteiger partial charge is 0.237 e. The molecule has 0 fully saturated rings. The zero-order valence-electron chi connectivity index (χ0n) is 11.1. The van der Waals surface area contributed by atoms with Crippen LogP contribution in [0.4, 0.5) is 10.7 Å². The van der Waals surface area contributed by atoms with Crippen LogP contribution in [0.5, 0.6) is 5.88 Å². The van der Waals surface area contributed by atoms with Crippen LogP contribution in [0.3, 0.4) is 0 Å². The molecule has 0 spiro atoms. The summed E-state index contributed by atoms with van der Waals surface area (Å²) in [7, 11) is 0. The van der Waals surface area contributed by atoms with Gasteiger partial charge in [-0.25, -0.2) is 4.98 Å². The Morgan fingerprint density at radius 1 is 1.05 bits per heavy atom. The number of halogens is 1. The minimum atomic E-state index is 0.0644. The molecule has 0 amide bonds. The molecule has 0 aliphatic heterocycles. The van der Waals surface area contributed by atoms with Gasteiger partial charge in [-0.15, -0.1) is 10.2 Å². The fourth-order valence-electron chi connectivity index (χ4n) is 2.18. The largest absolute Gasteiger partial charge is 0.492 e. The fourth-order valence-corrected chi connectivity index (χ4v) is 3.30. The summed E-state index contributed by atoms with van der Waals surface area (Å²) in [5.41, 5.74) is 2.43. The number of para-hydroxylation sites is 2. The van der Waals surface area contributed by atoms with Gasteiger partial charge in [-0.3, -0.25) is 4.40 Å². The molecule has 0 aliphatic carbocycles. The highest BCUT2D eigenvalue weighted by Crippen LogP contribution is 2.39. The summed E-state index contributed by atoms with van der Waals surface area (Å²) in [5.74, 6) is 0.0644. The molecule has 0 aliphatic rings. The molecule has 0 bridgehead atoms. The first-order valence-electron chi connectivity index (χ1n) is 6.48. The lowest BCUT2D eigenvalue weighted by atomic mass is 10.3. The number of aromatic nitrogens is 2. The predicted octanol–water partition coefficient (Wildman–Crippen LogP) is 5.43. The lowest BCUT2D eigenvalue weighted by Gasteiger charge is -1.94. The number of hydrogen-bond donors (Lipinski definition) is 1. The summed E-state index contributed by atoms with van der Waals surface area (Å²) < 4.78 is 2.67. The maximum atomic E-state index is 10.4. The van der Waals surface area contributed by atoms with E-state index in [1.165, 1.54) is 11.3 Å². The predicted molar refractivity (Wildman–Crippen MR) is 90.6 cm³/mol. The Balaban J connectivity index is 1.79. The third-order valence-electron chi connectivity index (χ3n) is 3.20. The zero-order chi connectivity index (χ0) is 15.1.